The Balaban J connectivity index is 2.21. The largest absolute Gasteiger partial charge is 0.337 e. The first-order valence-electron chi connectivity index (χ1n) is 7.22. The third-order valence-electron chi connectivity index (χ3n) is 4.18. The second kappa shape index (κ2) is 6.20. The molecule has 1 aliphatic rings. The van der Waals surface area contributed by atoms with Crippen molar-refractivity contribution in [2.24, 2.45) is 5.73 Å². The zero-order valence-electron chi connectivity index (χ0n) is 11.9. The lowest BCUT2D eigenvalue weighted by molar-refractivity contribution is -0.138. The molecule has 2 rings (SSSR count). The summed E-state index contributed by atoms with van der Waals surface area (Å²) in [4.78, 5) is 14.8. The van der Waals surface area contributed by atoms with Crippen molar-refractivity contribution in [3.8, 4) is 0 Å². The van der Waals surface area contributed by atoms with Crippen LogP contribution in [0.25, 0.3) is 0 Å². The highest BCUT2D eigenvalue weighted by Crippen LogP contribution is 2.27. The lowest BCUT2D eigenvalue weighted by Crippen LogP contribution is -2.50. The molecular weight excluding hydrogens is 236 g/mol. The fourth-order valence-corrected chi connectivity index (χ4v) is 3.10. The van der Waals surface area contributed by atoms with Gasteiger partial charge in [-0.2, -0.15) is 0 Å². The van der Waals surface area contributed by atoms with E-state index in [9.17, 15) is 4.79 Å². The highest BCUT2D eigenvalue weighted by atomic mass is 16.2. The maximum absolute atomic E-state index is 12.8. The monoisotopic (exact) mass is 260 g/mol. The number of hydrogen-bond acceptors (Lipinski definition) is 2. The predicted octanol–water partition coefficient (Wildman–Crippen LogP) is 2.52. The third-order valence-corrected chi connectivity index (χ3v) is 4.18. The van der Waals surface area contributed by atoms with Crippen molar-refractivity contribution in [1.29, 1.82) is 0 Å². The van der Waals surface area contributed by atoms with Crippen LogP contribution in [0.2, 0.25) is 0 Å². The van der Waals surface area contributed by atoms with E-state index >= 15 is 0 Å². The fraction of sp³-hybridized carbons (Fsp3) is 0.562. The molecule has 1 unspecified atom stereocenters. The van der Waals surface area contributed by atoms with Crippen LogP contribution in [-0.2, 0) is 4.79 Å². The van der Waals surface area contributed by atoms with Gasteiger partial charge < -0.3 is 10.6 Å². The van der Waals surface area contributed by atoms with Crippen LogP contribution in [0.1, 0.15) is 44.6 Å². The van der Waals surface area contributed by atoms with E-state index < -0.39 is 0 Å². The summed E-state index contributed by atoms with van der Waals surface area (Å²) in [6.45, 7) is 4.66. The van der Waals surface area contributed by atoms with E-state index in [0.29, 0.717) is 18.6 Å². The van der Waals surface area contributed by atoms with Gasteiger partial charge in [-0.1, -0.05) is 30.3 Å². The topological polar surface area (TPSA) is 46.3 Å². The minimum absolute atomic E-state index is 0.188. The van der Waals surface area contributed by atoms with Crippen molar-refractivity contribution in [2.45, 2.75) is 51.1 Å². The molecule has 1 heterocycles. The van der Waals surface area contributed by atoms with Gasteiger partial charge in [0.2, 0.25) is 5.91 Å². The highest BCUT2D eigenvalue weighted by molar-refractivity contribution is 5.84. The molecule has 3 heteroatoms. The molecule has 1 saturated heterocycles. The number of carbonyl (C=O) groups is 1. The Bertz CT molecular complexity index is 408. The van der Waals surface area contributed by atoms with Gasteiger partial charge in [-0.05, 0) is 38.7 Å². The molecule has 0 saturated carbocycles. The SMILES string of the molecule is C[C@@H]1CCC[C@H](C)N1C(=O)C(CN)c1ccccc1. The van der Waals surface area contributed by atoms with E-state index in [1.54, 1.807) is 0 Å². The van der Waals surface area contributed by atoms with Crippen LogP contribution in [-0.4, -0.2) is 29.4 Å². The Labute approximate surface area is 115 Å². The predicted molar refractivity (Wildman–Crippen MR) is 77.9 cm³/mol. The van der Waals surface area contributed by atoms with Crippen LogP contribution < -0.4 is 5.73 Å². The summed E-state index contributed by atoms with van der Waals surface area (Å²) in [6.07, 6.45) is 3.41. The number of nitrogens with zero attached hydrogens (tertiary/aromatic N) is 1. The Morgan fingerprint density at radius 3 is 2.37 bits per heavy atom. The van der Waals surface area contributed by atoms with Crippen LogP contribution >= 0.6 is 0 Å². The van der Waals surface area contributed by atoms with Crippen molar-refractivity contribution in [1.82, 2.24) is 4.90 Å². The summed E-state index contributed by atoms with van der Waals surface area (Å²) in [5.41, 5.74) is 6.88. The van der Waals surface area contributed by atoms with Gasteiger partial charge in [-0.25, -0.2) is 0 Å². The van der Waals surface area contributed by atoms with Crippen molar-refractivity contribution in [3.63, 3.8) is 0 Å². The van der Waals surface area contributed by atoms with Crippen LogP contribution in [0.3, 0.4) is 0 Å². The van der Waals surface area contributed by atoms with Gasteiger partial charge in [0.25, 0.3) is 0 Å². The second-order valence-corrected chi connectivity index (χ2v) is 5.57. The number of nitrogens with two attached hydrogens (primary N) is 1. The number of amides is 1. The van der Waals surface area contributed by atoms with Gasteiger partial charge in [0, 0.05) is 18.6 Å². The first-order valence-corrected chi connectivity index (χ1v) is 7.22. The number of hydrogen-bond donors (Lipinski definition) is 1. The molecule has 0 aromatic heterocycles. The fourth-order valence-electron chi connectivity index (χ4n) is 3.10. The number of rotatable bonds is 3. The van der Waals surface area contributed by atoms with Crippen molar-refractivity contribution in [3.05, 3.63) is 35.9 Å². The van der Waals surface area contributed by atoms with Gasteiger partial charge in [-0.3, -0.25) is 4.79 Å². The van der Waals surface area contributed by atoms with Crippen molar-refractivity contribution >= 4 is 5.91 Å². The summed E-state index contributed by atoms with van der Waals surface area (Å²) in [7, 11) is 0. The van der Waals surface area contributed by atoms with Crippen molar-refractivity contribution < 1.29 is 4.79 Å². The Kier molecular flexibility index (Phi) is 4.59. The lowest BCUT2D eigenvalue weighted by atomic mass is 9.92. The molecule has 1 aromatic carbocycles. The number of carbonyl (C=O) groups excluding carboxylic acids is 1. The first-order chi connectivity index (χ1) is 9.15. The van der Waals surface area contributed by atoms with Gasteiger partial charge in [0.05, 0.1) is 5.92 Å². The average molecular weight is 260 g/mol. The van der Waals surface area contributed by atoms with Gasteiger partial charge >= 0.3 is 0 Å². The standard InChI is InChI=1S/C16H24N2O/c1-12-7-6-8-13(2)18(12)16(19)15(11-17)14-9-4-3-5-10-14/h3-5,9-10,12-13,15H,6-8,11,17H2,1-2H3/t12-,13+,15?. The second-order valence-electron chi connectivity index (χ2n) is 5.57. The zero-order valence-corrected chi connectivity index (χ0v) is 11.9. The van der Waals surface area contributed by atoms with E-state index in [-0.39, 0.29) is 11.8 Å². The quantitative estimate of drug-likeness (QED) is 0.907. The Hall–Kier alpha value is -1.35. The summed E-state index contributed by atoms with van der Waals surface area (Å²) >= 11 is 0. The van der Waals surface area contributed by atoms with E-state index in [0.717, 1.165) is 18.4 Å². The maximum Gasteiger partial charge on any atom is 0.231 e. The number of benzene rings is 1. The summed E-state index contributed by atoms with van der Waals surface area (Å²) in [5, 5.41) is 0. The van der Waals surface area contributed by atoms with Crippen molar-refractivity contribution in [2.75, 3.05) is 6.54 Å². The van der Waals surface area contributed by atoms with Crippen LogP contribution in [0.5, 0.6) is 0 Å². The average Bonchev–Trinajstić information content (AvgIpc) is 2.40. The molecule has 104 valence electrons. The number of likely N-dealkylation sites (tertiary alicyclic amines) is 1. The minimum Gasteiger partial charge on any atom is -0.337 e. The van der Waals surface area contributed by atoms with Gasteiger partial charge in [0.15, 0.2) is 0 Å². The zero-order chi connectivity index (χ0) is 13.8. The Morgan fingerprint density at radius 2 is 1.84 bits per heavy atom. The molecule has 1 amide bonds. The molecule has 0 aliphatic carbocycles. The molecule has 3 atom stereocenters. The molecule has 2 N–H and O–H groups in total. The van der Waals surface area contributed by atoms with Gasteiger partial charge in [-0.15, -0.1) is 0 Å². The molecule has 19 heavy (non-hydrogen) atoms. The maximum atomic E-state index is 12.8. The summed E-state index contributed by atoms with van der Waals surface area (Å²) in [5.74, 6) is -0.0161. The third kappa shape index (κ3) is 2.98. The molecule has 0 bridgehead atoms. The molecule has 1 fully saturated rings. The highest BCUT2D eigenvalue weighted by Gasteiger charge is 2.33. The molecule has 3 nitrogen and oxygen atoms in total. The summed E-state index contributed by atoms with van der Waals surface area (Å²) in [6, 6.07) is 10.5. The summed E-state index contributed by atoms with van der Waals surface area (Å²) < 4.78 is 0. The first kappa shape index (κ1) is 14.1. The van der Waals surface area contributed by atoms with E-state index in [1.165, 1.54) is 6.42 Å². The van der Waals surface area contributed by atoms with Gasteiger partial charge in [0.1, 0.15) is 0 Å². The smallest absolute Gasteiger partial charge is 0.231 e. The van der Waals surface area contributed by atoms with Crippen LogP contribution in [0, 0.1) is 0 Å². The van der Waals surface area contributed by atoms with E-state index in [4.69, 9.17) is 5.73 Å². The van der Waals surface area contributed by atoms with Crippen LogP contribution in [0.15, 0.2) is 30.3 Å². The lowest BCUT2D eigenvalue weighted by Gasteiger charge is -2.41. The molecular formula is C16H24N2O. The van der Waals surface area contributed by atoms with Crippen LogP contribution in [0.4, 0.5) is 0 Å². The van der Waals surface area contributed by atoms with E-state index in [2.05, 4.69) is 13.8 Å². The Morgan fingerprint density at radius 1 is 1.26 bits per heavy atom. The van der Waals surface area contributed by atoms with E-state index in [1.807, 2.05) is 35.2 Å². The normalized spacial score (nSPS) is 25.1. The molecule has 1 aromatic rings. The minimum atomic E-state index is -0.204. The molecule has 0 spiro atoms. The number of piperidine rings is 1. The molecule has 1 aliphatic heterocycles. The molecule has 0 radical (unpaired) electrons.